The van der Waals surface area contributed by atoms with Crippen LogP contribution in [0, 0.1) is 6.92 Å². The molecule has 4 heteroatoms. The van der Waals surface area contributed by atoms with E-state index in [0.29, 0.717) is 6.61 Å². The zero-order chi connectivity index (χ0) is 17.6. The summed E-state index contributed by atoms with van der Waals surface area (Å²) in [6.07, 6.45) is 0.773. The first-order valence-electron chi connectivity index (χ1n) is 8.30. The fourth-order valence-corrected chi connectivity index (χ4v) is 3.47. The number of methoxy groups -OCH3 is 1. The topological polar surface area (TPSA) is 44.5 Å². The van der Waals surface area contributed by atoms with Crippen molar-refractivity contribution in [2.45, 2.75) is 26.0 Å². The zero-order valence-electron chi connectivity index (χ0n) is 14.6. The summed E-state index contributed by atoms with van der Waals surface area (Å²) < 4.78 is 11.5. The van der Waals surface area contributed by atoms with Crippen molar-refractivity contribution in [3.63, 3.8) is 0 Å². The van der Waals surface area contributed by atoms with Crippen LogP contribution in [0.5, 0.6) is 11.5 Å². The van der Waals surface area contributed by atoms with Crippen LogP contribution in [0.25, 0.3) is 0 Å². The van der Waals surface area contributed by atoms with Crippen LogP contribution >= 0.6 is 11.3 Å². The summed E-state index contributed by atoms with van der Waals surface area (Å²) in [4.78, 5) is 1.19. The lowest BCUT2D eigenvalue weighted by atomic mass is 10.0. The molecule has 0 fully saturated rings. The maximum atomic E-state index is 6.29. The van der Waals surface area contributed by atoms with Crippen molar-refractivity contribution in [3.8, 4) is 11.5 Å². The Balaban J connectivity index is 1.70. The summed E-state index contributed by atoms with van der Waals surface area (Å²) in [5.41, 5.74) is 9.83. The smallest absolute Gasteiger partial charge is 0.161 e. The minimum atomic E-state index is 0.00319. The first kappa shape index (κ1) is 17.5. The highest BCUT2D eigenvalue weighted by molar-refractivity contribution is 7.10. The van der Waals surface area contributed by atoms with E-state index >= 15 is 0 Å². The Kier molecular flexibility index (Phi) is 5.74. The molecule has 0 aliphatic heterocycles. The number of rotatable bonds is 7. The van der Waals surface area contributed by atoms with Crippen LogP contribution in [0.3, 0.4) is 0 Å². The van der Waals surface area contributed by atoms with Gasteiger partial charge in [0.25, 0.3) is 0 Å². The lowest BCUT2D eigenvalue weighted by Crippen LogP contribution is -2.11. The van der Waals surface area contributed by atoms with Crippen LogP contribution in [0.2, 0.25) is 0 Å². The standard InChI is InChI=1S/C21H23NO2S/c1-15-6-3-4-7-17(15)14-24-19-10-9-16(13-20(19)23-2)12-18(22)21-8-5-11-25-21/h3-11,13,18H,12,14,22H2,1-2H3. The van der Waals surface area contributed by atoms with E-state index in [0.717, 1.165) is 23.5 Å². The molecule has 3 aromatic rings. The molecule has 0 aliphatic carbocycles. The van der Waals surface area contributed by atoms with Crippen molar-refractivity contribution in [2.75, 3.05) is 7.11 Å². The SMILES string of the molecule is COc1cc(CC(N)c2cccs2)ccc1OCc1ccccc1C. The Hall–Kier alpha value is -2.30. The Morgan fingerprint density at radius 2 is 1.88 bits per heavy atom. The van der Waals surface area contributed by atoms with E-state index in [9.17, 15) is 0 Å². The predicted octanol–water partition coefficient (Wildman–Crippen LogP) is 4.89. The molecule has 1 aromatic heterocycles. The number of benzene rings is 2. The lowest BCUT2D eigenvalue weighted by Gasteiger charge is -2.15. The number of thiophene rings is 1. The van der Waals surface area contributed by atoms with Crippen LogP contribution in [-0.2, 0) is 13.0 Å². The highest BCUT2D eigenvalue weighted by atomic mass is 32.1. The van der Waals surface area contributed by atoms with Gasteiger partial charge in [-0.05, 0) is 53.6 Å². The quantitative estimate of drug-likeness (QED) is 0.658. The molecule has 25 heavy (non-hydrogen) atoms. The van der Waals surface area contributed by atoms with Gasteiger partial charge in [-0.25, -0.2) is 0 Å². The Morgan fingerprint density at radius 1 is 1.04 bits per heavy atom. The Morgan fingerprint density at radius 3 is 2.60 bits per heavy atom. The van der Waals surface area contributed by atoms with Gasteiger partial charge in [0.2, 0.25) is 0 Å². The highest BCUT2D eigenvalue weighted by Crippen LogP contribution is 2.31. The van der Waals surface area contributed by atoms with Gasteiger partial charge in [0.05, 0.1) is 7.11 Å². The van der Waals surface area contributed by atoms with Crippen molar-refractivity contribution >= 4 is 11.3 Å². The van der Waals surface area contributed by atoms with Gasteiger partial charge in [-0.3, -0.25) is 0 Å². The first-order chi connectivity index (χ1) is 12.2. The molecule has 130 valence electrons. The largest absolute Gasteiger partial charge is 0.493 e. The van der Waals surface area contributed by atoms with Crippen molar-refractivity contribution < 1.29 is 9.47 Å². The fraction of sp³-hybridized carbons (Fsp3) is 0.238. The average Bonchev–Trinajstić information content (AvgIpc) is 3.16. The van der Waals surface area contributed by atoms with E-state index in [4.69, 9.17) is 15.2 Å². The van der Waals surface area contributed by atoms with Gasteiger partial charge in [0.1, 0.15) is 6.61 Å². The monoisotopic (exact) mass is 353 g/mol. The summed E-state index contributed by atoms with van der Waals surface area (Å²) in [6.45, 7) is 2.61. The zero-order valence-corrected chi connectivity index (χ0v) is 15.4. The highest BCUT2D eigenvalue weighted by Gasteiger charge is 2.11. The molecule has 2 N–H and O–H groups in total. The molecule has 1 unspecified atom stereocenters. The second-order valence-corrected chi connectivity index (χ2v) is 7.01. The molecule has 0 radical (unpaired) electrons. The second-order valence-electron chi connectivity index (χ2n) is 6.03. The number of nitrogens with two attached hydrogens (primary N) is 1. The van der Waals surface area contributed by atoms with Gasteiger partial charge in [-0.2, -0.15) is 0 Å². The van der Waals surface area contributed by atoms with E-state index in [1.54, 1.807) is 18.4 Å². The molecule has 1 atom stereocenters. The van der Waals surface area contributed by atoms with Gasteiger partial charge in [0, 0.05) is 10.9 Å². The van der Waals surface area contributed by atoms with Gasteiger partial charge in [-0.1, -0.05) is 36.4 Å². The van der Waals surface area contributed by atoms with Crippen LogP contribution < -0.4 is 15.2 Å². The van der Waals surface area contributed by atoms with E-state index in [2.05, 4.69) is 36.6 Å². The summed E-state index contributed by atoms with van der Waals surface area (Å²) in [5.74, 6) is 1.49. The molecule has 2 aromatic carbocycles. The predicted molar refractivity (Wildman–Crippen MR) is 103 cm³/mol. The van der Waals surface area contributed by atoms with E-state index in [1.807, 2.05) is 30.3 Å². The fourth-order valence-electron chi connectivity index (χ4n) is 2.74. The summed E-state index contributed by atoms with van der Waals surface area (Å²) >= 11 is 1.69. The maximum Gasteiger partial charge on any atom is 0.161 e. The van der Waals surface area contributed by atoms with Crippen LogP contribution in [-0.4, -0.2) is 7.11 Å². The molecular formula is C21H23NO2S. The van der Waals surface area contributed by atoms with E-state index in [-0.39, 0.29) is 6.04 Å². The Bertz CT molecular complexity index is 815. The van der Waals surface area contributed by atoms with Crippen molar-refractivity contribution in [1.82, 2.24) is 0 Å². The third-order valence-electron chi connectivity index (χ3n) is 4.24. The summed E-state index contributed by atoms with van der Waals surface area (Å²) in [5, 5.41) is 2.05. The normalized spacial score (nSPS) is 12.0. The van der Waals surface area contributed by atoms with Crippen molar-refractivity contribution in [2.24, 2.45) is 5.73 Å². The molecule has 0 spiro atoms. The average molecular weight is 353 g/mol. The molecule has 1 heterocycles. The van der Waals surface area contributed by atoms with Gasteiger partial charge >= 0.3 is 0 Å². The van der Waals surface area contributed by atoms with Crippen LogP contribution in [0.1, 0.15) is 27.6 Å². The number of hydrogen-bond donors (Lipinski definition) is 1. The molecule has 0 aliphatic rings. The molecular weight excluding hydrogens is 330 g/mol. The van der Waals surface area contributed by atoms with Crippen LogP contribution in [0.15, 0.2) is 60.0 Å². The number of ether oxygens (including phenoxy) is 2. The molecule has 0 saturated heterocycles. The molecule has 0 amide bonds. The number of hydrogen-bond acceptors (Lipinski definition) is 4. The minimum absolute atomic E-state index is 0.00319. The molecule has 0 saturated carbocycles. The van der Waals surface area contributed by atoms with Gasteiger partial charge < -0.3 is 15.2 Å². The maximum absolute atomic E-state index is 6.29. The first-order valence-corrected chi connectivity index (χ1v) is 9.18. The summed E-state index contributed by atoms with van der Waals surface area (Å²) in [7, 11) is 1.67. The van der Waals surface area contributed by atoms with E-state index < -0.39 is 0 Å². The third kappa shape index (κ3) is 4.41. The Labute approximate surface area is 153 Å². The molecule has 3 nitrogen and oxygen atoms in total. The van der Waals surface area contributed by atoms with Gasteiger partial charge in [-0.15, -0.1) is 11.3 Å². The number of aryl methyl sites for hydroxylation is 1. The third-order valence-corrected chi connectivity index (χ3v) is 5.24. The molecule has 3 rings (SSSR count). The second kappa shape index (κ2) is 8.19. The minimum Gasteiger partial charge on any atom is -0.493 e. The lowest BCUT2D eigenvalue weighted by molar-refractivity contribution is 0.283. The van der Waals surface area contributed by atoms with Crippen LogP contribution in [0.4, 0.5) is 0 Å². The summed E-state index contributed by atoms with van der Waals surface area (Å²) in [6, 6.07) is 18.4. The van der Waals surface area contributed by atoms with E-state index in [1.165, 1.54) is 16.0 Å². The molecule has 0 bridgehead atoms. The van der Waals surface area contributed by atoms with Gasteiger partial charge in [0.15, 0.2) is 11.5 Å². The van der Waals surface area contributed by atoms with Crippen molar-refractivity contribution in [3.05, 3.63) is 81.5 Å². The van der Waals surface area contributed by atoms with Crippen molar-refractivity contribution in [1.29, 1.82) is 0 Å².